The van der Waals surface area contributed by atoms with Gasteiger partial charge in [-0.3, -0.25) is 4.79 Å². The van der Waals surface area contributed by atoms with Crippen molar-refractivity contribution < 1.29 is 4.79 Å². The van der Waals surface area contributed by atoms with E-state index in [1.165, 1.54) is 11.5 Å². The van der Waals surface area contributed by atoms with Crippen LogP contribution in [0.2, 0.25) is 0 Å². The molecule has 0 unspecified atom stereocenters. The largest absolute Gasteiger partial charge is 0.362 e. The molecule has 1 saturated heterocycles. The maximum atomic E-state index is 12.4. The molecule has 0 bridgehead atoms. The number of nitrogens with zero attached hydrogens (tertiary/aromatic N) is 5. The van der Waals surface area contributed by atoms with Crippen molar-refractivity contribution in [2.75, 3.05) is 18.4 Å². The second-order valence-corrected chi connectivity index (χ2v) is 5.71. The molecule has 1 amide bonds. The van der Waals surface area contributed by atoms with Crippen molar-refractivity contribution in [2.45, 2.75) is 25.8 Å². The summed E-state index contributed by atoms with van der Waals surface area (Å²) in [5, 5.41) is 15.1. The van der Waals surface area contributed by atoms with Crippen LogP contribution in [0.5, 0.6) is 0 Å². The lowest BCUT2D eigenvalue weighted by molar-refractivity contribution is 0.0628. The molecule has 0 saturated carbocycles. The molecule has 0 aliphatic carbocycles. The van der Waals surface area contributed by atoms with E-state index in [-0.39, 0.29) is 11.9 Å². The maximum Gasteiger partial charge on any atom is 0.267 e. The lowest BCUT2D eigenvalue weighted by Crippen LogP contribution is -2.57. The highest BCUT2D eigenvalue weighted by atomic mass is 32.1. The summed E-state index contributed by atoms with van der Waals surface area (Å²) < 4.78 is 3.90. The molecular formula is C13H16N6OS. The number of amides is 1. The average Bonchev–Trinajstić information content (AvgIpc) is 2.91. The smallest absolute Gasteiger partial charge is 0.267 e. The number of aryl methyl sites for hydroxylation is 1. The number of carbonyl (C=O) groups excluding carboxylic acids is 1. The molecule has 7 nitrogen and oxygen atoms in total. The maximum absolute atomic E-state index is 12.4. The summed E-state index contributed by atoms with van der Waals surface area (Å²) in [4.78, 5) is 14.9. The molecule has 21 heavy (non-hydrogen) atoms. The minimum Gasteiger partial charge on any atom is -0.362 e. The van der Waals surface area contributed by atoms with Crippen LogP contribution in [0.3, 0.4) is 0 Å². The number of aromatic nitrogens is 4. The van der Waals surface area contributed by atoms with Gasteiger partial charge in [0.25, 0.3) is 5.91 Å². The number of carbonyl (C=O) groups is 1. The number of hydrogen-bond donors (Lipinski definition) is 1. The van der Waals surface area contributed by atoms with Gasteiger partial charge >= 0.3 is 0 Å². The lowest BCUT2D eigenvalue weighted by atomic mass is 10.1. The second kappa shape index (κ2) is 6.13. The molecule has 1 fully saturated rings. The van der Waals surface area contributed by atoms with Crippen molar-refractivity contribution in [3.63, 3.8) is 0 Å². The first-order chi connectivity index (χ1) is 10.3. The summed E-state index contributed by atoms with van der Waals surface area (Å²) in [6.07, 6.45) is 3.39. The highest BCUT2D eigenvalue weighted by Crippen LogP contribution is 2.20. The van der Waals surface area contributed by atoms with Gasteiger partial charge < -0.3 is 10.2 Å². The van der Waals surface area contributed by atoms with Crippen molar-refractivity contribution in [1.82, 2.24) is 24.7 Å². The van der Waals surface area contributed by atoms with Crippen molar-refractivity contribution >= 4 is 23.3 Å². The van der Waals surface area contributed by atoms with E-state index in [1.807, 2.05) is 17.0 Å². The molecular weight excluding hydrogens is 288 g/mol. The summed E-state index contributed by atoms with van der Waals surface area (Å²) in [7, 11) is 0. The molecule has 3 rings (SSSR count). The molecule has 0 atom stereocenters. The van der Waals surface area contributed by atoms with Crippen molar-refractivity contribution in [2.24, 2.45) is 0 Å². The Morgan fingerprint density at radius 3 is 3.05 bits per heavy atom. The van der Waals surface area contributed by atoms with E-state index < -0.39 is 0 Å². The van der Waals surface area contributed by atoms with E-state index in [0.717, 1.165) is 24.4 Å². The Hall–Kier alpha value is -2.09. The lowest BCUT2D eigenvalue weighted by Gasteiger charge is -2.39. The van der Waals surface area contributed by atoms with Crippen LogP contribution in [0.15, 0.2) is 18.3 Å². The Bertz CT molecular complexity index is 610. The van der Waals surface area contributed by atoms with Gasteiger partial charge in [-0.05, 0) is 30.1 Å². The molecule has 2 aromatic heterocycles. The fraction of sp³-hybridized carbons (Fsp3) is 0.462. The summed E-state index contributed by atoms with van der Waals surface area (Å²) in [5.74, 6) is 0.770. The zero-order valence-electron chi connectivity index (χ0n) is 11.7. The van der Waals surface area contributed by atoms with Crippen LogP contribution in [-0.4, -0.2) is 49.7 Å². The summed E-state index contributed by atoms with van der Waals surface area (Å²) >= 11 is 1.19. The number of hydrogen-bond acceptors (Lipinski definition) is 7. The van der Waals surface area contributed by atoms with Crippen LogP contribution < -0.4 is 5.32 Å². The first-order valence-corrected chi connectivity index (χ1v) is 7.70. The van der Waals surface area contributed by atoms with E-state index in [9.17, 15) is 4.79 Å². The Morgan fingerprint density at radius 2 is 2.33 bits per heavy atom. The molecule has 2 aromatic rings. The van der Waals surface area contributed by atoms with Gasteiger partial charge in [-0.2, -0.15) is 5.10 Å². The highest BCUT2D eigenvalue weighted by molar-refractivity contribution is 7.08. The molecule has 0 radical (unpaired) electrons. The minimum atomic E-state index is 0.0330. The molecule has 3 heterocycles. The molecule has 1 aliphatic rings. The number of likely N-dealkylation sites (tertiary alicyclic amines) is 1. The molecule has 1 N–H and O–H groups in total. The van der Waals surface area contributed by atoms with Crippen molar-refractivity contribution in [1.29, 1.82) is 0 Å². The van der Waals surface area contributed by atoms with Gasteiger partial charge in [0.2, 0.25) is 0 Å². The predicted octanol–water partition coefficient (Wildman–Crippen LogP) is 1.22. The van der Waals surface area contributed by atoms with Gasteiger partial charge in [0.05, 0.1) is 11.7 Å². The number of nitrogens with one attached hydrogen (secondary N) is 1. The average molecular weight is 304 g/mol. The predicted molar refractivity (Wildman–Crippen MR) is 79.3 cm³/mol. The topological polar surface area (TPSA) is 83.9 Å². The van der Waals surface area contributed by atoms with Gasteiger partial charge in [-0.15, -0.1) is 10.2 Å². The highest BCUT2D eigenvalue weighted by Gasteiger charge is 2.33. The van der Waals surface area contributed by atoms with Gasteiger partial charge in [-0.1, -0.05) is 17.8 Å². The fourth-order valence-corrected chi connectivity index (χ4v) is 2.91. The van der Waals surface area contributed by atoms with E-state index in [0.29, 0.717) is 18.0 Å². The Kier molecular flexibility index (Phi) is 4.05. The van der Waals surface area contributed by atoms with Crippen LogP contribution in [-0.2, 0) is 6.42 Å². The Balaban J connectivity index is 1.56. The van der Waals surface area contributed by atoms with Gasteiger partial charge in [-0.25, -0.2) is 0 Å². The number of anilines is 1. The fourth-order valence-electron chi connectivity index (χ4n) is 2.24. The molecule has 0 spiro atoms. The Labute approximate surface area is 126 Å². The van der Waals surface area contributed by atoms with Gasteiger partial charge in [0.15, 0.2) is 0 Å². The van der Waals surface area contributed by atoms with E-state index in [2.05, 4.69) is 32.0 Å². The molecule has 0 aromatic carbocycles. The first kappa shape index (κ1) is 13.9. The summed E-state index contributed by atoms with van der Waals surface area (Å²) in [6.45, 7) is 3.40. The van der Waals surface area contributed by atoms with E-state index in [1.54, 1.807) is 6.20 Å². The van der Waals surface area contributed by atoms with Crippen LogP contribution >= 0.6 is 11.5 Å². The first-order valence-electron chi connectivity index (χ1n) is 6.92. The third-order valence-electron chi connectivity index (χ3n) is 3.33. The molecule has 1 aliphatic heterocycles. The summed E-state index contributed by atoms with van der Waals surface area (Å²) in [5.41, 5.74) is 0.817. The zero-order chi connectivity index (χ0) is 14.7. The molecule has 8 heteroatoms. The zero-order valence-corrected chi connectivity index (χ0v) is 12.5. The van der Waals surface area contributed by atoms with Crippen LogP contribution in [0.25, 0.3) is 0 Å². The summed E-state index contributed by atoms with van der Waals surface area (Å²) in [6, 6.07) is 3.92. The molecule has 110 valence electrons. The Morgan fingerprint density at radius 1 is 1.48 bits per heavy atom. The van der Waals surface area contributed by atoms with Crippen LogP contribution in [0.4, 0.5) is 5.82 Å². The van der Waals surface area contributed by atoms with Crippen LogP contribution in [0, 0.1) is 0 Å². The minimum absolute atomic E-state index is 0.0330. The normalized spacial score (nSPS) is 14.8. The van der Waals surface area contributed by atoms with Crippen molar-refractivity contribution in [3.8, 4) is 0 Å². The third kappa shape index (κ3) is 2.99. The van der Waals surface area contributed by atoms with E-state index >= 15 is 0 Å². The number of rotatable bonds is 5. The SMILES string of the molecule is CCCc1nnsc1C(=O)N1CC(Nc2cccnn2)C1. The quantitative estimate of drug-likeness (QED) is 0.894. The standard InChI is InChI=1S/C13H16N6OS/c1-2-4-10-12(21-18-16-10)13(20)19-7-9(8-19)15-11-5-3-6-14-17-11/h3,5-6,9H,2,4,7-8H2,1H3,(H,15,17). The van der Waals surface area contributed by atoms with Gasteiger partial charge in [0, 0.05) is 19.3 Å². The third-order valence-corrected chi connectivity index (χ3v) is 4.09. The van der Waals surface area contributed by atoms with Gasteiger partial charge in [0.1, 0.15) is 10.7 Å². The van der Waals surface area contributed by atoms with Crippen LogP contribution in [0.1, 0.15) is 28.7 Å². The second-order valence-electron chi connectivity index (χ2n) is 4.96. The van der Waals surface area contributed by atoms with E-state index in [4.69, 9.17) is 0 Å². The van der Waals surface area contributed by atoms with Crippen molar-refractivity contribution in [3.05, 3.63) is 28.9 Å². The monoisotopic (exact) mass is 304 g/mol.